The number of rotatable bonds is 4. The highest BCUT2D eigenvalue weighted by Gasteiger charge is 2.13. The number of hydrogen-bond acceptors (Lipinski definition) is 3. The monoisotopic (exact) mass is 312 g/mol. The van der Waals surface area contributed by atoms with Crippen LogP contribution in [-0.2, 0) is 11.3 Å². The van der Waals surface area contributed by atoms with E-state index in [2.05, 4.69) is 5.10 Å². The number of hydrogen-bond donors (Lipinski definition) is 0. The molecule has 1 heterocycles. The molecule has 0 fully saturated rings. The van der Waals surface area contributed by atoms with Gasteiger partial charge in [-0.2, -0.15) is 5.10 Å². The maximum Gasteiger partial charge on any atom is 0.358 e. The van der Waals surface area contributed by atoms with Crippen LogP contribution in [0.25, 0.3) is 0 Å². The molecular weight excluding hydrogens is 302 g/mol. The van der Waals surface area contributed by atoms with Crippen molar-refractivity contribution in [3.63, 3.8) is 0 Å². The number of alkyl halides is 1. The van der Waals surface area contributed by atoms with E-state index in [9.17, 15) is 9.18 Å². The number of nitrogens with zero attached hydrogens (tertiary/aromatic N) is 2. The fourth-order valence-electron chi connectivity index (χ4n) is 0.936. The Labute approximate surface area is 94.6 Å². The normalized spacial score (nSPS) is 10.2. The summed E-state index contributed by atoms with van der Waals surface area (Å²) in [6, 6.07) is 1.58. The van der Waals surface area contributed by atoms with Crippen LogP contribution in [0.1, 0.15) is 17.4 Å². The molecule has 0 radical (unpaired) electrons. The van der Waals surface area contributed by atoms with Gasteiger partial charge in [-0.3, -0.25) is 4.68 Å². The first-order chi connectivity index (χ1) is 6.69. The third kappa shape index (κ3) is 2.66. The lowest BCUT2D eigenvalue weighted by atomic mass is 10.4. The lowest BCUT2D eigenvalue weighted by Gasteiger charge is -1.98. The fraction of sp³-hybridized carbons (Fsp3) is 0.500. The standard InChI is InChI=1S/C8H10FIN2O2/c1-2-14-8(13)6-5-7(10)12(11-6)4-3-9/h5H,2-4H2,1H3. The molecular formula is C8H10FIN2O2. The van der Waals surface area contributed by atoms with Crippen LogP contribution < -0.4 is 0 Å². The molecule has 0 aromatic carbocycles. The Morgan fingerprint density at radius 2 is 2.50 bits per heavy atom. The van der Waals surface area contributed by atoms with Gasteiger partial charge in [-0.1, -0.05) is 0 Å². The number of carbonyl (C=O) groups is 1. The molecule has 0 amide bonds. The first kappa shape index (κ1) is 11.4. The molecule has 0 aliphatic rings. The topological polar surface area (TPSA) is 44.1 Å². The first-order valence-electron chi connectivity index (χ1n) is 4.15. The second-order valence-electron chi connectivity index (χ2n) is 2.48. The van der Waals surface area contributed by atoms with Gasteiger partial charge >= 0.3 is 5.97 Å². The van der Waals surface area contributed by atoms with Crippen molar-refractivity contribution >= 4 is 28.6 Å². The maximum absolute atomic E-state index is 12.0. The second kappa shape index (κ2) is 5.28. The average Bonchev–Trinajstić information content (AvgIpc) is 2.49. The van der Waals surface area contributed by atoms with Crippen LogP contribution >= 0.6 is 22.6 Å². The van der Waals surface area contributed by atoms with Crippen molar-refractivity contribution in [3.8, 4) is 0 Å². The Morgan fingerprint density at radius 3 is 3.07 bits per heavy atom. The van der Waals surface area contributed by atoms with Crippen molar-refractivity contribution in [2.45, 2.75) is 13.5 Å². The Bertz CT molecular complexity index is 327. The molecule has 0 saturated carbocycles. The highest BCUT2D eigenvalue weighted by atomic mass is 127. The van der Waals surface area contributed by atoms with Crippen molar-refractivity contribution < 1.29 is 13.9 Å². The number of carbonyl (C=O) groups excluding carboxylic acids is 1. The Kier molecular flexibility index (Phi) is 4.30. The zero-order valence-corrected chi connectivity index (χ0v) is 9.82. The van der Waals surface area contributed by atoms with Gasteiger partial charge in [0.2, 0.25) is 0 Å². The van der Waals surface area contributed by atoms with Crippen molar-refractivity contribution in [2.75, 3.05) is 13.3 Å². The average molecular weight is 312 g/mol. The zero-order valence-electron chi connectivity index (χ0n) is 7.67. The number of aryl methyl sites for hydroxylation is 1. The summed E-state index contributed by atoms with van der Waals surface area (Å²) in [6.07, 6.45) is 0. The number of aromatic nitrogens is 2. The SMILES string of the molecule is CCOC(=O)c1cc(I)n(CCF)n1. The van der Waals surface area contributed by atoms with Crippen molar-refractivity contribution in [1.29, 1.82) is 0 Å². The van der Waals surface area contributed by atoms with E-state index in [1.54, 1.807) is 13.0 Å². The van der Waals surface area contributed by atoms with Gasteiger partial charge in [0.25, 0.3) is 0 Å². The van der Waals surface area contributed by atoms with E-state index >= 15 is 0 Å². The summed E-state index contributed by atoms with van der Waals surface area (Å²) in [5.74, 6) is -0.469. The van der Waals surface area contributed by atoms with Crippen molar-refractivity contribution in [1.82, 2.24) is 9.78 Å². The molecule has 0 aliphatic heterocycles. The number of ether oxygens (including phenoxy) is 1. The van der Waals surface area contributed by atoms with Gasteiger partial charge in [0.1, 0.15) is 6.67 Å². The van der Waals surface area contributed by atoms with Crippen molar-refractivity contribution in [3.05, 3.63) is 15.5 Å². The van der Waals surface area contributed by atoms with Gasteiger partial charge in [-0.15, -0.1) is 0 Å². The van der Waals surface area contributed by atoms with E-state index in [-0.39, 0.29) is 12.2 Å². The summed E-state index contributed by atoms with van der Waals surface area (Å²) in [5.41, 5.74) is 0.227. The van der Waals surface area contributed by atoms with Gasteiger partial charge in [0.15, 0.2) is 5.69 Å². The van der Waals surface area contributed by atoms with Crippen LogP contribution in [0.5, 0.6) is 0 Å². The molecule has 4 nitrogen and oxygen atoms in total. The van der Waals surface area contributed by atoms with Crippen LogP contribution in [0.3, 0.4) is 0 Å². The van der Waals surface area contributed by atoms with E-state index < -0.39 is 12.6 Å². The molecule has 0 atom stereocenters. The van der Waals surface area contributed by atoms with E-state index in [1.165, 1.54) is 4.68 Å². The molecule has 14 heavy (non-hydrogen) atoms. The third-order valence-electron chi connectivity index (χ3n) is 1.51. The summed E-state index contributed by atoms with van der Waals surface area (Å²) in [4.78, 5) is 11.2. The van der Waals surface area contributed by atoms with Crippen LogP contribution in [0.4, 0.5) is 4.39 Å². The van der Waals surface area contributed by atoms with Gasteiger partial charge in [0, 0.05) is 6.07 Å². The molecule has 0 N–H and O–H groups in total. The second-order valence-corrected chi connectivity index (χ2v) is 3.59. The van der Waals surface area contributed by atoms with E-state index in [0.29, 0.717) is 6.61 Å². The van der Waals surface area contributed by atoms with Gasteiger partial charge in [-0.05, 0) is 29.5 Å². The largest absolute Gasteiger partial charge is 0.461 e. The highest BCUT2D eigenvalue weighted by molar-refractivity contribution is 14.1. The van der Waals surface area contributed by atoms with Crippen molar-refractivity contribution in [2.24, 2.45) is 0 Å². The third-order valence-corrected chi connectivity index (χ3v) is 2.38. The van der Waals surface area contributed by atoms with Gasteiger partial charge in [-0.25, -0.2) is 9.18 Å². The number of halogens is 2. The molecule has 1 aromatic rings. The molecule has 1 aromatic heterocycles. The van der Waals surface area contributed by atoms with E-state index in [0.717, 1.165) is 3.70 Å². The Hall–Kier alpha value is -0.660. The van der Waals surface area contributed by atoms with Gasteiger partial charge < -0.3 is 4.74 Å². The molecule has 0 spiro atoms. The lowest BCUT2D eigenvalue weighted by Crippen LogP contribution is -2.08. The minimum absolute atomic E-state index is 0.164. The Morgan fingerprint density at radius 1 is 1.79 bits per heavy atom. The molecule has 1 rings (SSSR count). The molecule has 0 aliphatic carbocycles. The predicted octanol–water partition coefficient (Wildman–Crippen LogP) is 1.63. The number of esters is 1. The van der Waals surface area contributed by atoms with E-state index in [4.69, 9.17) is 4.74 Å². The molecule has 0 unspecified atom stereocenters. The summed E-state index contributed by atoms with van der Waals surface area (Å²) in [6.45, 7) is 1.70. The van der Waals surface area contributed by atoms with Crippen LogP contribution in [-0.4, -0.2) is 29.0 Å². The summed E-state index contributed by atoms with van der Waals surface area (Å²) < 4.78 is 19.0. The molecule has 0 bridgehead atoms. The Balaban J connectivity index is 2.79. The van der Waals surface area contributed by atoms with E-state index in [1.807, 2.05) is 22.6 Å². The quantitative estimate of drug-likeness (QED) is 0.627. The van der Waals surface area contributed by atoms with Crippen LogP contribution in [0.15, 0.2) is 6.07 Å². The van der Waals surface area contributed by atoms with Gasteiger partial charge in [0.05, 0.1) is 16.9 Å². The summed E-state index contributed by atoms with van der Waals surface area (Å²) >= 11 is 1.99. The summed E-state index contributed by atoms with van der Waals surface area (Å²) in [7, 11) is 0. The zero-order chi connectivity index (χ0) is 10.6. The smallest absolute Gasteiger partial charge is 0.358 e. The minimum atomic E-state index is -0.500. The molecule has 6 heteroatoms. The predicted molar refractivity (Wildman–Crippen MR) is 56.9 cm³/mol. The highest BCUT2D eigenvalue weighted by Crippen LogP contribution is 2.08. The molecule has 0 saturated heterocycles. The van der Waals surface area contributed by atoms with Crippen LogP contribution in [0.2, 0.25) is 0 Å². The van der Waals surface area contributed by atoms with Crippen LogP contribution in [0, 0.1) is 3.70 Å². The fourth-order valence-corrected chi connectivity index (χ4v) is 1.58. The molecule has 78 valence electrons. The first-order valence-corrected chi connectivity index (χ1v) is 5.23. The summed E-state index contributed by atoms with van der Waals surface area (Å²) in [5, 5.41) is 3.91. The minimum Gasteiger partial charge on any atom is -0.461 e. The lowest BCUT2D eigenvalue weighted by molar-refractivity contribution is 0.0518. The maximum atomic E-state index is 12.0.